The van der Waals surface area contributed by atoms with E-state index in [0.717, 1.165) is 17.9 Å². The van der Waals surface area contributed by atoms with Crippen molar-refractivity contribution in [3.63, 3.8) is 0 Å². The van der Waals surface area contributed by atoms with Gasteiger partial charge in [-0.2, -0.15) is 5.10 Å². The summed E-state index contributed by atoms with van der Waals surface area (Å²) in [5.74, 6) is 0.751. The Balaban J connectivity index is 1.70. The molecule has 0 spiro atoms. The Labute approximate surface area is 156 Å². The van der Waals surface area contributed by atoms with Crippen LogP contribution in [0.2, 0.25) is 0 Å². The third-order valence-electron chi connectivity index (χ3n) is 4.54. The molecule has 0 unspecified atom stereocenters. The maximum absolute atomic E-state index is 12.9. The molecule has 2 N–H and O–H groups in total. The SMILES string of the molecule is Cc1ccc(-c2nn(-c3ccccc3)cc2C(=O)N[C@H]2CCCNC2=O)o1. The number of nitrogens with one attached hydrogen (secondary N) is 2. The van der Waals surface area contributed by atoms with Crippen LogP contribution < -0.4 is 10.6 Å². The normalized spacial score (nSPS) is 16.8. The lowest BCUT2D eigenvalue weighted by atomic mass is 10.1. The van der Waals surface area contributed by atoms with Crippen molar-refractivity contribution >= 4 is 11.8 Å². The summed E-state index contributed by atoms with van der Waals surface area (Å²) in [5.41, 5.74) is 1.64. The lowest BCUT2D eigenvalue weighted by Crippen LogP contribution is -2.50. The number of amides is 2. The molecule has 4 rings (SSSR count). The first-order valence-electron chi connectivity index (χ1n) is 8.92. The summed E-state index contributed by atoms with van der Waals surface area (Å²) >= 11 is 0. The van der Waals surface area contributed by atoms with Crippen LogP contribution in [-0.4, -0.2) is 34.2 Å². The van der Waals surface area contributed by atoms with Crippen LogP contribution in [0.1, 0.15) is 29.0 Å². The second kappa shape index (κ2) is 7.11. The molecule has 7 heteroatoms. The van der Waals surface area contributed by atoms with E-state index in [4.69, 9.17) is 4.42 Å². The number of piperidine rings is 1. The molecule has 27 heavy (non-hydrogen) atoms. The summed E-state index contributed by atoms with van der Waals surface area (Å²) in [6.07, 6.45) is 3.13. The Kier molecular flexibility index (Phi) is 4.50. The average molecular weight is 364 g/mol. The molecule has 1 atom stereocenters. The van der Waals surface area contributed by atoms with Gasteiger partial charge in [0.1, 0.15) is 17.5 Å². The molecule has 3 aromatic rings. The molecular formula is C20H20N4O3. The predicted molar refractivity (Wildman–Crippen MR) is 99.5 cm³/mol. The van der Waals surface area contributed by atoms with Crippen LogP contribution in [0.3, 0.4) is 0 Å². The maximum Gasteiger partial charge on any atom is 0.255 e. The topological polar surface area (TPSA) is 89.2 Å². The Bertz CT molecular complexity index is 974. The number of hydrogen-bond donors (Lipinski definition) is 2. The van der Waals surface area contributed by atoms with Gasteiger partial charge >= 0.3 is 0 Å². The minimum absolute atomic E-state index is 0.152. The summed E-state index contributed by atoms with van der Waals surface area (Å²) in [5, 5.41) is 10.2. The van der Waals surface area contributed by atoms with Gasteiger partial charge in [-0.05, 0) is 44.0 Å². The first kappa shape index (κ1) is 17.1. The molecule has 1 fully saturated rings. The van der Waals surface area contributed by atoms with E-state index in [9.17, 15) is 9.59 Å². The lowest BCUT2D eigenvalue weighted by molar-refractivity contribution is -0.124. The van der Waals surface area contributed by atoms with E-state index in [1.807, 2.05) is 43.3 Å². The third-order valence-corrected chi connectivity index (χ3v) is 4.54. The zero-order valence-corrected chi connectivity index (χ0v) is 14.9. The van der Waals surface area contributed by atoms with Crippen LogP contribution >= 0.6 is 0 Å². The quantitative estimate of drug-likeness (QED) is 0.744. The molecule has 1 aliphatic rings. The molecule has 3 heterocycles. The van der Waals surface area contributed by atoms with Gasteiger partial charge in [-0.1, -0.05) is 18.2 Å². The standard InChI is InChI=1S/C20H20N4O3/c1-13-9-10-17(27-13)18-15(12-24(23-18)14-6-3-2-4-7-14)19(25)22-16-8-5-11-21-20(16)26/h2-4,6-7,9-10,12,16H,5,8,11H2,1H3,(H,21,26)(H,22,25)/t16-/m0/s1. The maximum atomic E-state index is 12.9. The third kappa shape index (κ3) is 3.48. The summed E-state index contributed by atoms with van der Waals surface area (Å²) in [6.45, 7) is 2.48. The number of aromatic nitrogens is 2. The number of furan rings is 1. The van der Waals surface area contributed by atoms with Crippen molar-refractivity contribution in [3.05, 3.63) is 60.0 Å². The van der Waals surface area contributed by atoms with Gasteiger partial charge in [0.15, 0.2) is 5.76 Å². The highest BCUT2D eigenvalue weighted by atomic mass is 16.3. The Hall–Kier alpha value is -3.35. The summed E-state index contributed by atoms with van der Waals surface area (Å²) in [7, 11) is 0. The van der Waals surface area contributed by atoms with Gasteiger partial charge in [0, 0.05) is 12.7 Å². The number of aryl methyl sites for hydroxylation is 1. The molecule has 138 valence electrons. The molecule has 0 radical (unpaired) electrons. The smallest absolute Gasteiger partial charge is 0.255 e. The molecule has 0 saturated carbocycles. The fraction of sp³-hybridized carbons (Fsp3) is 0.250. The van der Waals surface area contributed by atoms with Crippen LogP contribution in [-0.2, 0) is 4.79 Å². The molecular weight excluding hydrogens is 344 g/mol. The summed E-state index contributed by atoms with van der Waals surface area (Å²) < 4.78 is 7.33. The van der Waals surface area contributed by atoms with E-state index >= 15 is 0 Å². The first-order valence-corrected chi connectivity index (χ1v) is 8.92. The van der Waals surface area contributed by atoms with E-state index in [2.05, 4.69) is 15.7 Å². The van der Waals surface area contributed by atoms with Crippen molar-refractivity contribution in [2.24, 2.45) is 0 Å². The van der Waals surface area contributed by atoms with Gasteiger partial charge in [0.05, 0.1) is 11.3 Å². The minimum Gasteiger partial charge on any atom is -0.460 e. The average Bonchev–Trinajstić information content (AvgIpc) is 3.31. The second-order valence-electron chi connectivity index (χ2n) is 6.54. The molecule has 2 aromatic heterocycles. The fourth-order valence-electron chi connectivity index (χ4n) is 3.14. The number of rotatable bonds is 4. The van der Waals surface area contributed by atoms with Crippen molar-refractivity contribution in [2.45, 2.75) is 25.8 Å². The van der Waals surface area contributed by atoms with Gasteiger partial charge < -0.3 is 15.1 Å². The molecule has 1 saturated heterocycles. The Morgan fingerprint density at radius 2 is 2.07 bits per heavy atom. The number of nitrogens with zero attached hydrogens (tertiary/aromatic N) is 2. The van der Waals surface area contributed by atoms with Crippen LogP contribution in [0.25, 0.3) is 17.1 Å². The molecule has 0 aliphatic carbocycles. The van der Waals surface area contributed by atoms with Crippen molar-refractivity contribution in [1.82, 2.24) is 20.4 Å². The van der Waals surface area contributed by atoms with E-state index in [1.165, 1.54) is 0 Å². The van der Waals surface area contributed by atoms with E-state index in [0.29, 0.717) is 30.0 Å². The minimum atomic E-state index is -0.530. The van der Waals surface area contributed by atoms with Crippen LogP contribution in [0.15, 0.2) is 53.1 Å². The monoisotopic (exact) mass is 364 g/mol. The predicted octanol–water partition coefficient (Wildman–Crippen LogP) is 2.45. The number of hydrogen-bond acceptors (Lipinski definition) is 4. The second-order valence-corrected chi connectivity index (χ2v) is 6.54. The molecule has 1 aliphatic heterocycles. The van der Waals surface area contributed by atoms with Crippen molar-refractivity contribution < 1.29 is 14.0 Å². The van der Waals surface area contributed by atoms with Crippen LogP contribution in [0.4, 0.5) is 0 Å². The van der Waals surface area contributed by atoms with Crippen LogP contribution in [0, 0.1) is 6.92 Å². The van der Waals surface area contributed by atoms with Gasteiger partial charge in [-0.15, -0.1) is 0 Å². The number of carbonyl (C=O) groups excluding carboxylic acids is 2. The number of para-hydroxylation sites is 1. The van der Waals surface area contributed by atoms with Gasteiger partial charge in [-0.25, -0.2) is 4.68 Å². The zero-order chi connectivity index (χ0) is 18.8. The first-order chi connectivity index (χ1) is 13.1. The van der Waals surface area contributed by atoms with Gasteiger partial charge in [-0.3, -0.25) is 9.59 Å². The van der Waals surface area contributed by atoms with Crippen molar-refractivity contribution in [2.75, 3.05) is 6.54 Å². The lowest BCUT2D eigenvalue weighted by Gasteiger charge is -2.22. The molecule has 1 aromatic carbocycles. The van der Waals surface area contributed by atoms with Crippen molar-refractivity contribution in [1.29, 1.82) is 0 Å². The highest BCUT2D eigenvalue weighted by Crippen LogP contribution is 2.26. The molecule has 2 amide bonds. The van der Waals surface area contributed by atoms with E-state index in [-0.39, 0.29) is 11.8 Å². The van der Waals surface area contributed by atoms with Gasteiger partial charge in [0.2, 0.25) is 5.91 Å². The fourth-order valence-corrected chi connectivity index (χ4v) is 3.14. The largest absolute Gasteiger partial charge is 0.460 e. The highest BCUT2D eigenvalue weighted by Gasteiger charge is 2.27. The van der Waals surface area contributed by atoms with Gasteiger partial charge in [0.25, 0.3) is 5.91 Å². The van der Waals surface area contributed by atoms with Crippen LogP contribution in [0.5, 0.6) is 0 Å². The zero-order valence-electron chi connectivity index (χ0n) is 14.9. The van der Waals surface area contributed by atoms with Crippen molar-refractivity contribution in [3.8, 4) is 17.1 Å². The number of carbonyl (C=O) groups is 2. The van der Waals surface area contributed by atoms with E-state index < -0.39 is 6.04 Å². The number of benzene rings is 1. The summed E-state index contributed by atoms with van der Waals surface area (Å²) in [6, 6.07) is 12.6. The summed E-state index contributed by atoms with van der Waals surface area (Å²) in [4.78, 5) is 24.9. The molecule has 0 bridgehead atoms. The highest BCUT2D eigenvalue weighted by molar-refractivity contribution is 6.01. The Morgan fingerprint density at radius 1 is 1.26 bits per heavy atom. The van der Waals surface area contributed by atoms with E-state index in [1.54, 1.807) is 16.9 Å². The Morgan fingerprint density at radius 3 is 2.78 bits per heavy atom. The molecule has 7 nitrogen and oxygen atoms in total.